The van der Waals surface area contributed by atoms with Crippen LogP contribution < -0.4 is 5.32 Å². The smallest absolute Gasteiger partial charge is 0.126 e. The zero-order valence-electron chi connectivity index (χ0n) is 20.8. The molecule has 2 atom stereocenters. The van der Waals surface area contributed by atoms with Gasteiger partial charge in [-0.2, -0.15) is 0 Å². The molecule has 4 rings (SSSR count). The first-order valence-electron chi connectivity index (χ1n) is 12.5. The minimum Gasteiger partial charge on any atom is -0.390 e. The van der Waals surface area contributed by atoms with E-state index in [9.17, 15) is 13.9 Å². The van der Waals surface area contributed by atoms with E-state index in [0.29, 0.717) is 12.1 Å². The quantitative estimate of drug-likeness (QED) is 0.448. The predicted octanol–water partition coefficient (Wildman–Crippen LogP) is 5.45. The van der Waals surface area contributed by atoms with Crippen molar-refractivity contribution in [1.29, 1.82) is 0 Å². The molecule has 1 heterocycles. The van der Waals surface area contributed by atoms with E-state index in [-0.39, 0.29) is 17.4 Å². The Morgan fingerprint density at radius 1 is 1.06 bits per heavy atom. The fourth-order valence-electron chi connectivity index (χ4n) is 5.21. The maximum atomic E-state index is 13.8. The Kier molecular flexibility index (Phi) is 7.67. The molecule has 188 valence electrons. The van der Waals surface area contributed by atoms with E-state index < -0.39 is 23.8 Å². The Labute approximate surface area is 206 Å². The van der Waals surface area contributed by atoms with E-state index in [1.54, 1.807) is 17.1 Å². The van der Waals surface area contributed by atoms with Crippen molar-refractivity contribution in [1.82, 2.24) is 20.3 Å². The monoisotopic (exact) mass is 482 g/mol. The number of hydrogen-bond donors (Lipinski definition) is 2. The summed E-state index contributed by atoms with van der Waals surface area (Å²) < 4.78 is 29.2. The number of nitrogens with one attached hydrogen (secondary N) is 1. The molecule has 0 saturated heterocycles. The Hall–Kier alpha value is -2.64. The second-order valence-corrected chi connectivity index (χ2v) is 10.9. The molecule has 1 aromatic heterocycles. The highest BCUT2D eigenvalue weighted by molar-refractivity contribution is 5.34. The molecular formula is C28H36F2N4O. The van der Waals surface area contributed by atoms with Crippen molar-refractivity contribution >= 4 is 0 Å². The van der Waals surface area contributed by atoms with Gasteiger partial charge in [0.25, 0.3) is 0 Å². The number of benzene rings is 2. The molecule has 0 aliphatic heterocycles. The highest BCUT2D eigenvalue weighted by Crippen LogP contribution is 2.39. The first kappa shape index (κ1) is 25.5. The fraction of sp³-hybridized carbons (Fsp3) is 0.500. The van der Waals surface area contributed by atoms with E-state index in [2.05, 4.69) is 60.7 Å². The van der Waals surface area contributed by atoms with Crippen LogP contribution in [-0.2, 0) is 17.4 Å². The van der Waals surface area contributed by atoms with Gasteiger partial charge in [0.05, 0.1) is 18.3 Å². The van der Waals surface area contributed by atoms with Crippen LogP contribution in [0, 0.1) is 11.6 Å². The van der Waals surface area contributed by atoms with Crippen LogP contribution in [0.3, 0.4) is 0 Å². The maximum absolute atomic E-state index is 13.8. The van der Waals surface area contributed by atoms with Crippen molar-refractivity contribution < 1.29 is 13.9 Å². The third-order valence-corrected chi connectivity index (χ3v) is 7.23. The van der Waals surface area contributed by atoms with Gasteiger partial charge in [0.15, 0.2) is 0 Å². The van der Waals surface area contributed by atoms with Gasteiger partial charge in [0, 0.05) is 24.3 Å². The van der Waals surface area contributed by atoms with Gasteiger partial charge in [-0.05, 0) is 53.5 Å². The average Bonchev–Trinajstić information content (AvgIpc) is 3.35. The normalized spacial score (nSPS) is 17.8. The van der Waals surface area contributed by atoms with Crippen molar-refractivity contribution in [3.63, 3.8) is 0 Å². The molecule has 5 nitrogen and oxygen atoms in total. The van der Waals surface area contributed by atoms with Crippen LogP contribution in [0.25, 0.3) is 0 Å². The molecule has 1 saturated carbocycles. The molecule has 0 amide bonds. The topological polar surface area (TPSA) is 63.0 Å². The summed E-state index contributed by atoms with van der Waals surface area (Å²) in [5, 5.41) is 23.0. The number of halogens is 2. The molecule has 0 radical (unpaired) electrons. The summed E-state index contributed by atoms with van der Waals surface area (Å²) >= 11 is 0. The standard InChI is InChI=1S/C28H36F2N4O/c1-27(2,3)21-8-7-9-22(17-21)28(10-5-4-6-11-28)31-19-26(35)25(34-13-12-32-33-34)16-20-14-23(29)18-24(30)15-20/h7-9,12-15,17-18,25-26,31,35H,4-6,10-11,16,19H2,1-3H3. The summed E-state index contributed by atoms with van der Waals surface area (Å²) in [6.07, 6.45) is 8.05. The van der Waals surface area contributed by atoms with Crippen LogP contribution in [0.15, 0.2) is 54.9 Å². The Bertz CT molecular complexity index is 1080. The molecule has 1 aliphatic carbocycles. The molecule has 1 aliphatic rings. The largest absolute Gasteiger partial charge is 0.390 e. The van der Waals surface area contributed by atoms with Crippen molar-refractivity contribution in [2.24, 2.45) is 0 Å². The second-order valence-electron chi connectivity index (χ2n) is 10.9. The van der Waals surface area contributed by atoms with Crippen LogP contribution >= 0.6 is 0 Å². The molecule has 35 heavy (non-hydrogen) atoms. The summed E-state index contributed by atoms with van der Waals surface area (Å²) in [6, 6.07) is 11.7. The van der Waals surface area contributed by atoms with Crippen molar-refractivity contribution in [3.05, 3.63) is 83.2 Å². The average molecular weight is 483 g/mol. The third-order valence-electron chi connectivity index (χ3n) is 7.23. The SMILES string of the molecule is CC(C)(C)c1cccc(C2(NCC(O)C(Cc3cc(F)cc(F)c3)n3ccnn3)CCCCC2)c1. The molecule has 2 unspecified atom stereocenters. The van der Waals surface area contributed by atoms with Gasteiger partial charge in [-0.3, -0.25) is 0 Å². The molecular weight excluding hydrogens is 446 g/mol. The van der Waals surface area contributed by atoms with Gasteiger partial charge in [0.1, 0.15) is 11.6 Å². The number of hydrogen-bond acceptors (Lipinski definition) is 4. The summed E-state index contributed by atoms with van der Waals surface area (Å²) in [5.41, 5.74) is 2.83. The zero-order chi connectivity index (χ0) is 25.1. The van der Waals surface area contributed by atoms with E-state index in [4.69, 9.17) is 0 Å². The lowest BCUT2D eigenvalue weighted by Gasteiger charge is -2.41. The van der Waals surface area contributed by atoms with Gasteiger partial charge < -0.3 is 10.4 Å². The summed E-state index contributed by atoms with van der Waals surface area (Å²) in [5.74, 6) is -1.27. The molecule has 3 aromatic rings. The van der Waals surface area contributed by atoms with Crippen LogP contribution in [0.1, 0.15) is 75.6 Å². The first-order chi connectivity index (χ1) is 16.7. The first-order valence-corrected chi connectivity index (χ1v) is 12.5. The Morgan fingerprint density at radius 3 is 2.40 bits per heavy atom. The lowest BCUT2D eigenvalue weighted by Crippen LogP contribution is -2.48. The lowest BCUT2D eigenvalue weighted by molar-refractivity contribution is 0.0853. The number of aliphatic hydroxyl groups excluding tert-OH is 1. The predicted molar refractivity (Wildman–Crippen MR) is 133 cm³/mol. The summed E-state index contributed by atoms with van der Waals surface area (Å²) in [4.78, 5) is 0. The molecule has 0 bridgehead atoms. The van der Waals surface area contributed by atoms with Gasteiger partial charge in [-0.15, -0.1) is 5.10 Å². The number of rotatable bonds is 8. The second kappa shape index (κ2) is 10.5. The molecule has 0 spiro atoms. The highest BCUT2D eigenvalue weighted by Gasteiger charge is 2.35. The van der Waals surface area contributed by atoms with E-state index in [1.807, 2.05) is 0 Å². The fourth-order valence-corrected chi connectivity index (χ4v) is 5.21. The van der Waals surface area contributed by atoms with Gasteiger partial charge >= 0.3 is 0 Å². The van der Waals surface area contributed by atoms with E-state index in [0.717, 1.165) is 31.7 Å². The number of aliphatic hydroxyl groups is 1. The Balaban J connectivity index is 1.57. The summed E-state index contributed by atoms with van der Waals surface area (Å²) in [7, 11) is 0. The maximum Gasteiger partial charge on any atom is 0.126 e. The number of aromatic nitrogens is 3. The van der Waals surface area contributed by atoms with E-state index in [1.165, 1.54) is 29.7 Å². The Morgan fingerprint density at radius 2 is 1.77 bits per heavy atom. The molecule has 2 aromatic carbocycles. The minimum absolute atomic E-state index is 0.0454. The van der Waals surface area contributed by atoms with E-state index >= 15 is 0 Å². The van der Waals surface area contributed by atoms with Crippen LogP contribution in [-0.4, -0.2) is 32.7 Å². The van der Waals surface area contributed by atoms with Crippen molar-refractivity contribution in [3.8, 4) is 0 Å². The zero-order valence-corrected chi connectivity index (χ0v) is 20.8. The highest BCUT2D eigenvalue weighted by atomic mass is 19.1. The minimum atomic E-state index is -0.840. The van der Waals surface area contributed by atoms with Crippen LogP contribution in [0.2, 0.25) is 0 Å². The third kappa shape index (κ3) is 6.14. The van der Waals surface area contributed by atoms with Gasteiger partial charge in [0.2, 0.25) is 0 Å². The van der Waals surface area contributed by atoms with Crippen molar-refractivity contribution in [2.75, 3.05) is 6.54 Å². The van der Waals surface area contributed by atoms with Gasteiger partial charge in [-0.25, -0.2) is 13.5 Å². The lowest BCUT2D eigenvalue weighted by atomic mass is 9.74. The van der Waals surface area contributed by atoms with Crippen LogP contribution in [0.4, 0.5) is 8.78 Å². The van der Waals surface area contributed by atoms with Gasteiger partial charge in [-0.1, -0.05) is 69.5 Å². The summed E-state index contributed by atoms with van der Waals surface area (Å²) in [6.45, 7) is 6.97. The molecule has 1 fully saturated rings. The molecule has 7 heteroatoms. The van der Waals surface area contributed by atoms with Crippen molar-refractivity contribution in [2.45, 2.75) is 82.4 Å². The van der Waals surface area contributed by atoms with Crippen LogP contribution in [0.5, 0.6) is 0 Å². The number of nitrogens with zero attached hydrogens (tertiary/aromatic N) is 3. The molecule has 2 N–H and O–H groups in total.